The smallest absolute Gasteiger partial charge is 0.255 e. The van der Waals surface area contributed by atoms with E-state index in [4.69, 9.17) is 14.2 Å². The lowest BCUT2D eigenvalue weighted by Gasteiger charge is -2.38. The summed E-state index contributed by atoms with van der Waals surface area (Å²) in [5.41, 5.74) is -0.241. The highest BCUT2D eigenvalue weighted by molar-refractivity contribution is 5.96. The second kappa shape index (κ2) is 9.95. The van der Waals surface area contributed by atoms with E-state index in [0.29, 0.717) is 49.8 Å². The third-order valence-electron chi connectivity index (χ3n) is 5.02. The molecule has 8 nitrogen and oxygen atoms in total. The first-order chi connectivity index (χ1) is 13.1. The zero-order chi connectivity index (χ0) is 19.3. The molecule has 0 radical (unpaired) electrons. The van der Waals surface area contributed by atoms with Gasteiger partial charge in [-0.15, -0.1) is 12.4 Å². The standard InChI is InChI=1S/C19H27N3O5.ClH/c1-3-22(18(24)19(25-2)6-8-20-9-7-19)13-17(23)21-14-4-5-15-16(12-14)27-11-10-26-15;/h4-5,12,20H,3,6-11,13H2,1-2H3,(H,21,23);1H. The molecule has 2 aliphatic heterocycles. The van der Waals surface area contributed by atoms with Crippen molar-refractivity contribution in [3.8, 4) is 11.5 Å². The van der Waals surface area contributed by atoms with Gasteiger partial charge in [-0.2, -0.15) is 0 Å². The normalized spacial score (nSPS) is 17.2. The van der Waals surface area contributed by atoms with Gasteiger partial charge in [-0.1, -0.05) is 0 Å². The number of ether oxygens (including phenoxy) is 3. The van der Waals surface area contributed by atoms with Gasteiger partial charge < -0.3 is 29.7 Å². The second-order valence-electron chi connectivity index (χ2n) is 6.67. The Morgan fingerprint density at radius 1 is 1.21 bits per heavy atom. The van der Waals surface area contributed by atoms with E-state index in [1.807, 2.05) is 6.92 Å². The van der Waals surface area contributed by atoms with Gasteiger partial charge in [-0.3, -0.25) is 9.59 Å². The summed E-state index contributed by atoms with van der Waals surface area (Å²) in [6, 6.07) is 5.25. The zero-order valence-corrected chi connectivity index (χ0v) is 17.1. The van der Waals surface area contributed by atoms with Crippen molar-refractivity contribution in [2.45, 2.75) is 25.4 Å². The lowest BCUT2D eigenvalue weighted by molar-refractivity contribution is -0.159. The maximum absolute atomic E-state index is 13.0. The average molecular weight is 414 g/mol. The van der Waals surface area contributed by atoms with E-state index in [1.165, 1.54) is 0 Å². The fourth-order valence-corrected chi connectivity index (χ4v) is 3.45. The number of anilines is 1. The molecule has 0 aromatic heterocycles. The molecule has 0 bridgehead atoms. The first-order valence-electron chi connectivity index (χ1n) is 9.33. The number of halogens is 1. The summed E-state index contributed by atoms with van der Waals surface area (Å²) in [4.78, 5) is 27.1. The van der Waals surface area contributed by atoms with Gasteiger partial charge in [0.2, 0.25) is 5.91 Å². The molecule has 156 valence electrons. The monoisotopic (exact) mass is 413 g/mol. The third-order valence-corrected chi connectivity index (χ3v) is 5.02. The minimum Gasteiger partial charge on any atom is -0.486 e. The molecule has 28 heavy (non-hydrogen) atoms. The van der Waals surface area contributed by atoms with Crippen molar-refractivity contribution in [1.82, 2.24) is 10.2 Å². The molecular formula is C19H28ClN3O5. The Balaban J connectivity index is 0.00000280. The molecule has 0 atom stereocenters. The van der Waals surface area contributed by atoms with Crippen molar-refractivity contribution >= 4 is 29.9 Å². The van der Waals surface area contributed by atoms with Gasteiger partial charge >= 0.3 is 0 Å². The van der Waals surface area contributed by atoms with Gasteiger partial charge in [0.15, 0.2) is 11.5 Å². The van der Waals surface area contributed by atoms with E-state index in [-0.39, 0.29) is 30.8 Å². The van der Waals surface area contributed by atoms with Gasteiger partial charge in [0.1, 0.15) is 18.8 Å². The van der Waals surface area contributed by atoms with Crippen molar-refractivity contribution in [1.29, 1.82) is 0 Å². The van der Waals surface area contributed by atoms with Gasteiger partial charge in [0, 0.05) is 25.4 Å². The molecule has 0 saturated carbocycles. The highest BCUT2D eigenvalue weighted by Gasteiger charge is 2.42. The summed E-state index contributed by atoms with van der Waals surface area (Å²) in [5.74, 6) is 0.876. The Kier molecular flexibility index (Phi) is 7.91. The molecule has 2 amide bonds. The predicted octanol–water partition coefficient (Wildman–Crippen LogP) is 1.44. The Hall–Kier alpha value is -2.03. The van der Waals surface area contributed by atoms with Crippen molar-refractivity contribution in [3.63, 3.8) is 0 Å². The molecule has 2 aliphatic rings. The first-order valence-corrected chi connectivity index (χ1v) is 9.33. The molecular weight excluding hydrogens is 386 g/mol. The number of rotatable bonds is 6. The third kappa shape index (κ3) is 4.87. The minimum atomic E-state index is -0.849. The fraction of sp³-hybridized carbons (Fsp3) is 0.579. The average Bonchev–Trinajstić information content (AvgIpc) is 2.72. The molecule has 2 N–H and O–H groups in total. The Labute approximate surface area is 171 Å². The van der Waals surface area contributed by atoms with Crippen LogP contribution in [0.2, 0.25) is 0 Å². The van der Waals surface area contributed by atoms with E-state index in [0.717, 1.165) is 13.1 Å². The van der Waals surface area contributed by atoms with Gasteiger partial charge in [-0.25, -0.2) is 0 Å². The van der Waals surface area contributed by atoms with Crippen LogP contribution in [0.4, 0.5) is 5.69 Å². The van der Waals surface area contributed by atoms with Gasteiger partial charge in [-0.05, 0) is 45.0 Å². The Bertz CT molecular complexity index is 694. The number of benzene rings is 1. The number of likely N-dealkylation sites (N-methyl/N-ethyl adjacent to an activating group) is 1. The molecule has 1 aromatic carbocycles. The first kappa shape index (κ1) is 22.3. The van der Waals surface area contributed by atoms with Crippen LogP contribution in [0.15, 0.2) is 18.2 Å². The van der Waals surface area contributed by atoms with Crippen LogP contribution in [0.3, 0.4) is 0 Å². The lowest BCUT2D eigenvalue weighted by Crippen LogP contribution is -2.56. The van der Waals surface area contributed by atoms with Crippen molar-refractivity contribution < 1.29 is 23.8 Å². The van der Waals surface area contributed by atoms with Crippen LogP contribution in [-0.2, 0) is 14.3 Å². The summed E-state index contributed by atoms with van der Waals surface area (Å²) >= 11 is 0. The molecule has 1 aromatic rings. The van der Waals surface area contributed by atoms with E-state index in [9.17, 15) is 9.59 Å². The zero-order valence-electron chi connectivity index (χ0n) is 16.3. The van der Waals surface area contributed by atoms with Crippen LogP contribution in [0.1, 0.15) is 19.8 Å². The van der Waals surface area contributed by atoms with Crippen LogP contribution in [0, 0.1) is 0 Å². The van der Waals surface area contributed by atoms with Crippen molar-refractivity contribution in [3.05, 3.63) is 18.2 Å². The predicted molar refractivity (Wildman–Crippen MR) is 107 cm³/mol. The number of nitrogens with one attached hydrogen (secondary N) is 2. The number of piperidine rings is 1. The summed E-state index contributed by atoms with van der Waals surface area (Å²) in [5, 5.41) is 6.06. The molecule has 0 aliphatic carbocycles. The molecule has 1 fully saturated rings. The molecule has 2 heterocycles. The SMILES string of the molecule is CCN(CC(=O)Nc1ccc2c(c1)OCCO2)C(=O)C1(OC)CCNCC1.Cl. The Morgan fingerprint density at radius 2 is 1.89 bits per heavy atom. The van der Waals surface area contributed by atoms with E-state index >= 15 is 0 Å². The fourth-order valence-electron chi connectivity index (χ4n) is 3.45. The second-order valence-corrected chi connectivity index (χ2v) is 6.67. The number of nitrogens with zero attached hydrogens (tertiary/aromatic N) is 1. The largest absolute Gasteiger partial charge is 0.486 e. The maximum Gasteiger partial charge on any atom is 0.255 e. The minimum absolute atomic E-state index is 0. The summed E-state index contributed by atoms with van der Waals surface area (Å²) < 4.78 is 16.6. The van der Waals surface area contributed by atoms with Gasteiger partial charge in [0.05, 0.1) is 6.54 Å². The van der Waals surface area contributed by atoms with Crippen LogP contribution in [-0.4, -0.2) is 68.8 Å². The van der Waals surface area contributed by atoms with E-state index in [2.05, 4.69) is 10.6 Å². The number of carbonyl (C=O) groups is 2. The number of fused-ring (bicyclic) bond motifs is 1. The number of carbonyl (C=O) groups excluding carboxylic acids is 2. The number of hydrogen-bond acceptors (Lipinski definition) is 6. The quantitative estimate of drug-likeness (QED) is 0.733. The molecule has 9 heteroatoms. The number of methoxy groups -OCH3 is 1. The highest BCUT2D eigenvalue weighted by Crippen LogP contribution is 2.32. The van der Waals surface area contributed by atoms with Gasteiger partial charge in [0.25, 0.3) is 5.91 Å². The highest BCUT2D eigenvalue weighted by atomic mass is 35.5. The number of hydrogen-bond donors (Lipinski definition) is 2. The van der Waals surface area contributed by atoms with E-state index < -0.39 is 5.60 Å². The summed E-state index contributed by atoms with van der Waals surface area (Å²) in [7, 11) is 1.56. The van der Waals surface area contributed by atoms with Crippen molar-refractivity contribution in [2.75, 3.05) is 51.8 Å². The number of amides is 2. The topological polar surface area (TPSA) is 89.1 Å². The van der Waals surface area contributed by atoms with Crippen LogP contribution >= 0.6 is 12.4 Å². The van der Waals surface area contributed by atoms with Crippen LogP contribution in [0.25, 0.3) is 0 Å². The molecule has 0 spiro atoms. The van der Waals surface area contributed by atoms with Crippen LogP contribution in [0.5, 0.6) is 11.5 Å². The maximum atomic E-state index is 13.0. The van der Waals surface area contributed by atoms with Crippen LogP contribution < -0.4 is 20.1 Å². The Morgan fingerprint density at radius 3 is 2.54 bits per heavy atom. The summed E-state index contributed by atoms with van der Waals surface area (Å²) in [6.07, 6.45) is 1.20. The molecule has 3 rings (SSSR count). The molecule has 0 unspecified atom stereocenters. The van der Waals surface area contributed by atoms with E-state index in [1.54, 1.807) is 30.2 Å². The summed E-state index contributed by atoms with van der Waals surface area (Å²) in [6.45, 7) is 4.72. The van der Waals surface area contributed by atoms with Crippen molar-refractivity contribution in [2.24, 2.45) is 0 Å². The molecule has 1 saturated heterocycles. The lowest BCUT2D eigenvalue weighted by atomic mass is 9.90.